The van der Waals surface area contributed by atoms with Crippen molar-refractivity contribution in [2.24, 2.45) is 0 Å². The van der Waals surface area contributed by atoms with Crippen LogP contribution in [0.2, 0.25) is 0 Å². The largest absolute Gasteiger partial charge is 0.340 e. The number of unbranched alkanes of at least 4 members (excludes halogenated alkanes) is 3. The van der Waals surface area contributed by atoms with Crippen molar-refractivity contribution in [2.45, 2.75) is 58.2 Å². The summed E-state index contributed by atoms with van der Waals surface area (Å²) in [4.78, 5) is 0. The van der Waals surface area contributed by atoms with Crippen LogP contribution in [-0.2, 0) is 19.6 Å². The van der Waals surface area contributed by atoms with E-state index in [0.717, 1.165) is 54.9 Å². The molecular weight excluding hydrogens is 714 g/mol. The molecule has 0 aliphatic carbocycles. The highest BCUT2D eigenvalue weighted by molar-refractivity contribution is 9.09. The lowest BCUT2D eigenvalue weighted by Crippen LogP contribution is -2.02. The summed E-state index contributed by atoms with van der Waals surface area (Å²) in [5.74, 6) is 0. The third-order valence-electron chi connectivity index (χ3n) is 8.92. The second-order valence-corrected chi connectivity index (χ2v) is 13.7. The lowest BCUT2D eigenvalue weighted by molar-refractivity contribution is 0.667. The predicted octanol–water partition coefficient (Wildman–Crippen LogP) is 11.5. The first-order chi connectivity index (χ1) is 20.8. The summed E-state index contributed by atoms with van der Waals surface area (Å²) in [6.07, 6.45) is 6.95. The normalized spacial score (nSPS) is 12.4. The zero-order chi connectivity index (χ0) is 28.6. The number of halogens is 3. The molecule has 4 aromatic carbocycles. The van der Waals surface area contributed by atoms with E-state index in [1.54, 1.807) is 0 Å². The fraction of sp³-hybridized carbons (Fsp3) is 0.333. The van der Waals surface area contributed by atoms with Crippen LogP contribution in [0.4, 0.5) is 0 Å². The third kappa shape index (κ3) is 4.55. The van der Waals surface area contributed by atoms with E-state index in [9.17, 15) is 0 Å². The average Bonchev–Trinajstić information content (AvgIpc) is 3.64. The number of rotatable bonds is 12. The van der Waals surface area contributed by atoms with Gasteiger partial charge in [-0.2, -0.15) is 0 Å². The molecule has 0 aliphatic heterocycles. The van der Waals surface area contributed by atoms with E-state index in [2.05, 4.69) is 134 Å². The Morgan fingerprint density at radius 3 is 0.952 bits per heavy atom. The van der Waals surface area contributed by atoms with Crippen molar-refractivity contribution in [3.63, 3.8) is 0 Å². The Balaban J connectivity index is 1.75. The molecule has 0 saturated carbocycles. The highest BCUT2D eigenvalue weighted by Crippen LogP contribution is 2.48. The average molecular weight is 750 g/mol. The van der Waals surface area contributed by atoms with Crippen LogP contribution in [-0.4, -0.2) is 29.7 Å². The molecule has 3 heterocycles. The van der Waals surface area contributed by atoms with Gasteiger partial charge in [-0.05, 0) is 56.7 Å². The van der Waals surface area contributed by atoms with Crippen molar-refractivity contribution in [3.05, 3.63) is 72.8 Å². The molecule has 0 bridgehead atoms. The highest BCUT2D eigenvalue weighted by atomic mass is 79.9. The summed E-state index contributed by atoms with van der Waals surface area (Å²) in [5, 5.41) is 11.5. The van der Waals surface area contributed by atoms with Crippen LogP contribution >= 0.6 is 47.8 Å². The van der Waals surface area contributed by atoms with Crippen LogP contribution in [0.1, 0.15) is 38.5 Å². The van der Waals surface area contributed by atoms with Crippen molar-refractivity contribution in [3.8, 4) is 0 Å². The molecule has 0 amide bonds. The van der Waals surface area contributed by atoms with Gasteiger partial charge in [-0.25, -0.2) is 0 Å². The van der Waals surface area contributed by atoms with Crippen LogP contribution < -0.4 is 0 Å². The van der Waals surface area contributed by atoms with Crippen LogP contribution in [0.15, 0.2) is 72.8 Å². The summed E-state index contributed by atoms with van der Waals surface area (Å²) in [6.45, 7) is 3.05. The van der Waals surface area contributed by atoms with Gasteiger partial charge in [0.15, 0.2) is 0 Å². The van der Waals surface area contributed by atoms with Gasteiger partial charge in [0.05, 0.1) is 16.6 Å². The molecule has 3 nitrogen and oxygen atoms in total. The Kier molecular flexibility index (Phi) is 8.39. The summed E-state index contributed by atoms with van der Waals surface area (Å²) in [5.41, 5.74) is 8.28. The SMILES string of the molecule is BrCCCCn1c2ccccc2c2c1c1c3ccccc3n(CCCCBr)c1c1c3ccccc3n(CCCCBr)c21. The molecule has 0 fully saturated rings. The van der Waals surface area contributed by atoms with Gasteiger partial charge in [-0.3, -0.25) is 0 Å². The minimum atomic E-state index is 1.02. The standard InChI is InChI=1S/C36H36Br3N3/c37-19-7-10-22-40-28-16-4-1-13-25(28)31-34(40)32-27-15-3-6-18-30(27)42(24-12-9-21-39)36(32)33-26-14-2-5-17-29(26)41(35(31)33)23-11-8-20-38/h1-6,13-18H,7-12,19-24H2. The molecule has 0 saturated heterocycles. The van der Waals surface area contributed by atoms with Crippen LogP contribution in [0.3, 0.4) is 0 Å². The highest BCUT2D eigenvalue weighted by Gasteiger charge is 2.26. The smallest absolute Gasteiger partial charge is 0.0614 e. The topological polar surface area (TPSA) is 14.8 Å². The van der Waals surface area contributed by atoms with Gasteiger partial charge in [0.1, 0.15) is 0 Å². The molecule has 3 aromatic heterocycles. The molecular formula is C36H36Br3N3. The number of fused-ring (bicyclic) bond motifs is 12. The summed E-state index contributed by atoms with van der Waals surface area (Å²) < 4.78 is 7.97. The first-order valence-corrected chi connectivity index (χ1v) is 18.7. The van der Waals surface area contributed by atoms with Gasteiger partial charge in [0, 0.05) is 84.5 Å². The molecule has 0 radical (unpaired) electrons. The Morgan fingerprint density at radius 2 is 0.667 bits per heavy atom. The minimum Gasteiger partial charge on any atom is -0.340 e. The maximum Gasteiger partial charge on any atom is 0.0614 e. The van der Waals surface area contributed by atoms with Gasteiger partial charge in [0.25, 0.3) is 0 Å². The molecule has 7 rings (SSSR count). The molecule has 7 aromatic rings. The van der Waals surface area contributed by atoms with Gasteiger partial charge in [-0.1, -0.05) is 102 Å². The van der Waals surface area contributed by atoms with Crippen molar-refractivity contribution < 1.29 is 0 Å². The number of hydrogen-bond donors (Lipinski definition) is 0. The number of nitrogens with zero attached hydrogens (tertiary/aromatic N) is 3. The van der Waals surface area contributed by atoms with E-state index in [1.165, 1.54) is 84.7 Å². The first-order valence-electron chi connectivity index (χ1n) is 15.3. The van der Waals surface area contributed by atoms with Crippen LogP contribution in [0.5, 0.6) is 0 Å². The summed E-state index contributed by atoms with van der Waals surface area (Å²) in [7, 11) is 0. The zero-order valence-corrected chi connectivity index (χ0v) is 28.6. The summed E-state index contributed by atoms with van der Waals surface area (Å²) >= 11 is 11.1. The molecule has 42 heavy (non-hydrogen) atoms. The number of aromatic nitrogens is 3. The Morgan fingerprint density at radius 1 is 0.381 bits per heavy atom. The fourth-order valence-electron chi connectivity index (χ4n) is 7.20. The maximum absolute atomic E-state index is 3.69. The number of benzene rings is 4. The monoisotopic (exact) mass is 747 g/mol. The van der Waals surface area contributed by atoms with Crippen molar-refractivity contribution in [2.75, 3.05) is 16.0 Å². The number of hydrogen-bond acceptors (Lipinski definition) is 0. The minimum absolute atomic E-state index is 1.02. The van der Waals surface area contributed by atoms with E-state index in [1.807, 2.05) is 0 Å². The zero-order valence-electron chi connectivity index (χ0n) is 23.9. The molecule has 0 atom stereocenters. The lowest BCUT2D eigenvalue weighted by Gasteiger charge is -2.13. The van der Waals surface area contributed by atoms with Crippen molar-refractivity contribution >= 4 is 113 Å². The van der Waals surface area contributed by atoms with Crippen molar-refractivity contribution in [1.82, 2.24) is 13.7 Å². The van der Waals surface area contributed by atoms with E-state index < -0.39 is 0 Å². The third-order valence-corrected chi connectivity index (χ3v) is 10.6. The number of aryl methyl sites for hydroxylation is 3. The first kappa shape index (κ1) is 28.5. The molecule has 0 unspecified atom stereocenters. The van der Waals surface area contributed by atoms with E-state index in [-0.39, 0.29) is 0 Å². The second-order valence-electron chi connectivity index (χ2n) is 11.4. The predicted molar refractivity (Wildman–Crippen MR) is 195 cm³/mol. The van der Waals surface area contributed by atoms with Crippen LogP contribution in [0, 0.1) is 0 Å². The van der Waals surface area contributed by atoms with Crippen molar-refractivity contribution in [1.29, 1.82) is 0 Å². The number of alkyl halides is 3. The second kappa shape index (κ2) is 12.4. The lowest BCUT2D eigenvalue weighted by atomic mass is 10.0. The fourth-order valence-corrected chi connectivity index (χ4v) is 8.39. The number of para-hydroxylation sites is 3. The van der Waals surface area contributed by atoms with E-state index in [0.29, 0.717) is 0 Å². The Labute approximate surface area is 272 Å². The van der Waals surface area contributed by atoms with Gasteiger partial charge in [0.2, 0.25) is 0 Å². The molecule has 0 spiro atoms. The molecule has 0 N–H and O–H groups in total. The van der Waals surface area contributed by atoms with Gasteiger partial charge in [-0.15, -0.1) is 0 Å². The quantitative estimate of drug-likeness (QED) is 0.0873. The van der Waals surface area contributed by atoms with E-state index >= 15 is 0 Å². The molecule has 6 heteroatoms. The van der Waals surface area contributed by atoms with Gasteiger partial charge >= 0.3 is 0 Å². The Hall–Kier alpha value is -2.28. The summed E-state index contributed by atoms with van der Waals surface area (Å²) in [6, 6.07) is 27.4. The van der Waals surface area contributed by atoms with Crippen LogP contribution in [0.25, 0.3) is 65.4 Å². The molecule has 216 valence electrons. The molecule has 0 aliphatic rings. The van der Waals surface area contributed by atoms with Gasteiger partial charge < -0.3 is 13.7 Å². The van der Waals surface area contributed by atoms with E-state index in [4.69, 9.17) is 0 Å². The Bertz CT molecular complexity index is 1780. The maximum atomic E-state index is 3.69.